The van der Waals surface area contributed by atoms with Crippen molar-refractivity contribution < 1.29 is 0 Å². The molecule has 0 saturated carbocycles. The summed E-state index contributed by atoms with van der Waals surface area (Å²) in [4.78, 5) is 0. The van der Waals surface area contributed by atoms with Crippen molar-refractivity contribution in [2.24, 2.45) is 0 Å². The van der Waals surface area contributed by atoms with Crippen LogP contribution in [0.1, 0.15) is 26.7 Å². The van der Waals surface area contributed by atoms with Gasteiger partial charge >= 0.3 is 0 Å². The van der Waals surface area contributed by atoms with Crippen LogP contribution in [0, 0.1) is 0 Å². The number of rotatable bonds is 0. The van der Waals surface area contributed by atoms with E-state index >= 15 is 0 Å². The standard InChI is InChI=1S/C6H13N2/c1-6(2)4-3-5-7-8-6/h8H,3-5H2,1-2H3. The molecule has 0 bridgehead atoms. The predicted octanol–water partition coefficient (Wildman–Crippen LogP) is 0.668. The Hall–Kier alpha value is -0.0800. The largest absolute Gasteiger partial charge is 0.235 e. The fraction of sp³-hybridized carbons (Fsp3) is 1.00. The third kappa shape index (κ3) is 1.46. The highest BCUT2D eigenvalue weighted by Gasteiger charge is 2.19. The third-order valence-corrected chi connectivity index (χ3v) is 1.45. The smallest absolute Gasteiger partial charge is 0.0305 e. The molecule has 0 aliphatic carbocycles. The molecule has 0 aromatic carbocycles. The second kappa shape index (κ2) is 2.03. The van der Waals surface area contributed by atoms with Crippen LogP contribution >= 0.6 is 0 Å². The quantitative estimate of drug-likeness (QED) is 0.491. The molecule has 0 spiro atoms. The predicted molar refractivity (Wildman–Crippen MR) is 33.4 cm³/mol. The van der Waals surface area contributed by atoms with E-state index in [2.05, 4.69) is 24.7 Å². The average molecular weight is 113 g/mol. The maximum absolute atomic E-state index is 4.08. The lowest BCUT2D eigenvalue weighted by Gasteiger charge is -2.29. The summed E-state index contributed by atoms with van der Waals surface area (Å²) < 4.78 is 0. The van der Waals surface area contributed by atoms with Crippen LogP contribution in [0.15, 0.2) is 0 Å². The molecule has 1 rings (SSSR count). The monoisotopic (exact) mass is 113 g/mol. The second-order valence-corrected chi connectivity index (χ2v) is 2.98. The van der Waals surface area contributed by atoms with Gasteiger partial charge in [0.1, 0.15) is 0 Å². The van der Waals surface area contributed by atoms with E-state index in [1.807, 2.05) is 0 Å². The van der Waals surface area contributed by atoms with Crippen LogP contribution in [0.25, 0.3) is 0 Å². The van der Waals surface area contributed by atoms with Crippen LogP contribution in [0.3, 0.4) is 0 Å². The highest BCUT2D eigenvalue weighted by molar-refractivity contribution is 4.78. The maximum Gasteiger partial charge on any atom is 0.0305 e. The lowest BCUT2D eigenvalue weighted by molar-refractivity contribution is 0.251. The molecule has 1 fully saturated rings. The van der Waals surface area contributed by atoms with Crippen molar-refractivity contribution in [2.45, 2.75) is 32.2 Å². The minimum absolute atomic E-state index is 0.262. The molecule has 0 amide bonds. The fourth-order valence-electron chi connectivity index (χ4n) is 0.926. The lowest BCUT2D eigenvalue weighted by Crippen LogP contribution is -2.48. The summed E-state index contributed by atoms with van der Waals surface area (Å²) in [6.07, 6.45) is 2.48. The highest BCUT2D eigenvalue weighted by Crippen LogP contribution is 2.12. The van der Waals surface area contributed by atoms with Gasteiger partial charge in [-0.3, -0.25) is 0 Å². The molecule has 1 aliphatic rings. The van der Waals surface area contributed by atoms with Crippen molar-refractivity contribution in [3.8, 4) is 0 Å². The molecule has 1 radical (unpaired) electrons. The molecule has 1 heterocycles. The van der Waals surface area contributed by atoms with E-state index in [4.69, 9.17) is 0 Å². The van der Waals surface area contributed by atoms with E-state index in [9.17, 15) is 0 Å². The van der Waals surface area contributed by atoms with Crippen LogP contribution in [0.5, 0.6) is 0 Å². The highest BCUT2D eigenvalue weighted by atomic mass is 15.4. The van der Waals surface area contributed by atoms with Crippen LogP contribution in [-0.2, 0) is 0 Å². The maximum atomic E-state index is 4.08. The Kier molecular flexibility index (Phi) is 1.54. The van der Waals surface area contributed by atoms with Crippen LogP contribution < -0.4 is 10.9 Å². The van der Waals surface area contributed by atoms with E-state index < -0.39 is 0 Å². The molecule has 0 aromatic rings. The average Bonchev–Trinajstić information content (AvgIpc) is 1.65. The number of hydrogen-bond acceptors (Lipinski definition) is 1. The summed E-state index contributed by atoms with van der Waals surface area (Å²) in [7, 11) is 0. The molecule has 8 heavy (non-hydrogen) atoms. The zero-order valence-corrected chi connectivity index (χ0v) is 5.57. The molecule has 1 aliphatic heterocycles. The van der Waals surface area contributed by atoms with Gasteiger partial charge in [0.2, 0.25) is 0 Å². The van der Waals surface area contributed by atoms with E-state index in [0.29, 0.717) is 0 Å². The summed E-state index contributed by atoms with van der Waals surface area (Å²) in [6, 6.07) is 0. The van der Waals surface area contributed by atoms with Gasteiger partial charge in [0, 0.05) is 12.1 Å². The minimum Gasteiger partial charge on any atom is -0.235 e. The Morgan fingerprint density at radius 2 is 2.25 bits per heavy atom. The van der Waals surface area contributed by atoms with Gasteiger partial charge < -0.3 is 0 Å². The van der Waals surface area contributed by atoms with Crippen molar-refractivity contribution in [2.75, 3.05) is 6.54 Å². The van der Waals surface area contributed by atoms with Gasteiger partial charge in [-0.05, 0) is 26.7 Å². The Labute approximate surface area is 50.6 Å². The lowest BCUT2D eigenvalue weighted by atomic mass is 9.98. The number of nitrogens with zero attached hydrogens (tertiary/aromatic N) is 1. The molecule has 2 nitrogen and oxygen atoms in total. The summed E-state index contributed by atoms with van der Waals surface area (Å²) in [5.74, 6) is 0. The molecule has 0 aromatic heterocycles. The van der Waals surface area contributed by atoms with E-state index in [1.165, 1.54) is 12.8 Å². The molecule has 47 valence electrons. The molecule has 2 heteroatoms. The molecular weight excluding hydrogens is 100 g/mol. The topological polar surface area (TPSA) is 26.1 Å². The SMILES string of the molecule is CC1(C)CCC[N]N1. The number of nitrogens with one attached hydrogen (secondary N) is 1. The van der Waals surface area contributed by atoms with Gasteiger partial charge in [-0.15, -0.1) is 0 Å². The molecule has 1 N–H and O–H groups in total. The molecule has 0 unspecified atom stereocenters. The van der Waals surface area contributed by atoms with E-state index in [-0.39, 0.29) is 5.54 Å². The van der Waals surface area contributed by atoms with Crippen molar-refractivity contribution >= 4 is 0 Å². The van der Waals surface area contributed by atoms with Gasteiger partial charge in [-0.25, -0.2) is 5.43 Å². The van der Waals surface area contributed by atoms with Crippen molar-refractivity contribution in [3.63, 3.8) is 0 Å². The zero-order valence-electron chi connectivity index (χ0n) is 5.57. The van der Waals surface area contributed by atoms with Gasteiger partial charge in [-0.1, -0.05) is 0 Å². The summed E-state index contributed by atoms with van der Waals surface area (Å²) >= 11 is 0. The number of hydrogen-bond donors (Lipinski definition) is 1. The van der Waals surface area contributed by atoms with Crippen molar-refractivity contribution in [1.29, 1.82) is 0 Å². The van der Waals surface area contributed by atoms with Crippen LogP contribution in [0.2, 0.25) is 0 Å². The molecule has 1 saturated heterocycles. The Morgan fingerprint density at radius 3 is 2.50 bits per heavy atom. The summed E-state index contributed by atoms with van der Waals surface area (Å²) in [5, 5.41) is 0. The van der Waals surface area contributed by atoms with Crippen LogP contribution in [0.4, 0.5) is 0 Å². The Bertz CT molecular complexity index is 70.6. The first-order valence-electron chi connectivity index (χ1n) is 3.14. The second-order valence-electron chi connectivity index (χ2n) is 2.98. The Balaban J connectivity index is 2.33. The van der Waals surface area contributed by atoms with E-state index in [1.54, 1.807) is 0 Å². The zero-order chi connectivity index (χ0) is 6.04. The van der Waals surface area contributed by atoms with Gasteiger partial charge in [0.15, 0.2) is 0 Å². The van der Waals surface area contributed by atoms with Gasteiger partial charge in [0.25, 0.3) is 0 Å². The Morgan fingerprint density at radius 1 is 1.50 bits per heavy atom. The van der Waals surface area contributed by atoms with Crippen molar-refractivity contribution in [1.82, 2.24) is 10.9 Å². The fourth-order valence-corrected chi connectivity index (χ4v) is 0.926. The summed E-state index contributed by atoms with van der Waals surface area (Å²) in [6.45, 7) is 5.34. The van der Waals surface area contributed by atoms with E-state index in [0.717, 1.165) is 6.54 Å². The first-order chi connectivity index (χ1) is 3.71. The van der Waals surface area contributed by atoms with Gasteiger partial charge in [0.05, 0.1) is 0 Å². The summed E-state index contributed by atoms with van der Waals surface area (Å²) in [5.41, 5.74) is 7.43. The first kappa shape index (κ1) is 6.05. The molecule has 0 atom stereocenters. The first-order valence-corrected chi connectivity index (χ1v) is 3.14. The van der Waals surface area contributed by atoms with Crippen molar-refractivity contribution in [3.05, 3.63) is 0 Å². The normalized spacial score (nSPS) is 27.8. The third-order valence-electron chi connectivity index (χ3n) is 1.45. The van der Waals surface area contributed by atoms with Crippen LogP contribution in [-0.4, -0.2) is 12.1 Å². The minimum atomic E-state index is 0.262. The van der Waals surface area contributed by atoms with Gasteiger partial charge in [-0.2, -0.15) is 5.43 Å². The molecular formula is C6H13N2.